The summed E-state index contributed by atoms with van der Waals surface area (Å²) in [4.78, 5) is 11.7. The largest absolute Gasteiger partial charge is 0.396 e. The van der Waals surface area contributed by atoms with E-state index in [2.05, 4.69) is 24.5 Å². The van der Waals surface area contributed by atoms with Gasteiger partial charge in [-0.05, 0) is 30.4 Å². The van der Waals surface area contributed by atoms with Gasteiger partial charge in [0.15, 0.2) is 0 Å². The molecule has 0 saturated carbocycles. The Hall–Kier alpha value is -1.55. The Bertz CT molecular complexity index is 369. The van der Waals surface area contributed by atoms with Crippen molar-refractivity contribution in [2.75, 3.05) is 18.5 Å². The third-order valence-electron chi connectivity index (χ3n) is 2.86. The minimum absolute atomic E-state index is 0.0893. The maximum absolute atomic E-state index is 11.7. The number of rotatable bonds is 6. The quantitative estimate of drug-likeness (QED) is 0.678. The smallest absolute Gasteiger partial charge is 0.319 e. The first-order valence-corrected chi connectivity index (χ1v) is 6.49. The summed E-state index contributed by atoms with van der Waals surface area (Å²) < 4.78 is 0. The Balaban J connectivity index is 2.72. The zero-order valence-corrected chi connectivity index (χ0v) is 11.1. The molecule has 0 saturated heterocycles. The topological polar surface area (TPSA) is 61.4 Å². The molecular formula is C14H22N2O2. The van der Waals surface area contributed by atoms with Crippen LogP contribution < -0.4 is 10.6 Å². The number of nitrogens with one attached hydrogen (secondary N) is 2. The van der Waals surface area contributed by atoms with Gasteiger partial charge in [-0.2, -0.15) is 0 Å². The molecule has 100 valence electrons. The van der Waals surface area contributed by atoms with Gasteiger partial charge in [0.1, 0.15) is 0 Å². The minimum atomic E-state index is -0.209. The molecule has 1 aromatic carbocycles. The molecular weight excluding hydrogens is 228 g/mol. The van der Waals surface area contributed by atoms with Crippen LogP contribution >= 0.6 is 0 Å². The van der Waals surface area contributed by atoms with Crippen molar-refractivity contribution in [3.8, 4) is 0 Å². The normalized spacial score (nSPS) is 10.2. The van der Waals surface area contributed by atoms with Crippen LogP contribution in [0.15, 0.2) is 18.2 Å². The third-order valence-corrected chi connectivity index (χ3v) is 2.86. The number of para-hydroxylation sites is 1. The lowest BCUT2D eigenvalue weighted by Crippen LogP contribution is -2.30. The number of hydrogen-bond acceptors (Lipinski definition) is 2. The lowest BCUT2D eigenvalue weighted by Gasteiger charge is -2.14. The molecule has 18 heavy (non-hydrogen) atoms. The zero-order chi connectivity index (χ0) is 13.4. The van der Waals surface area contributed by atoms with Gasteiger partial charge in [-0.15, -0.1) is 0 Å². The van der Waals surface area contributed by atoms with Crippen LogP contribution in [0.1, 0.15) is 31.4 Å². The second kappa shape index (κ2) is 7.71. The third kappa shape index (κ3) is 4.04. The molecule has 0 aliphatic carbocycles. The summed E-state index contributed by atoms with van der Waals surface area (Å²) in [5.74, 6) is 0. The van der Waals surface area contributed by atoms with E-state index in [-0.39, 0.29) is 12.6 Å². The standard InChI is InChI=1S/C14H22N2O2/c1-3-11-7-5-8-12(4-2)13(11)16-14(18)15-9-6-10-17/h5,7-8,17H,3-4,6,9-10H2,1-2H3,(H2,15,16,18). The monoisotopic (exact) mass is 250 g/mol. The summed E-state index contributed by atoms with van der Waals surface area (Å²) in [5, 5.41) is 14.3. The SMILES string of the molecule is CCc1cccc(CC)c1NC(=O)NCCCO. The molecule has 0 unspecified atom stereocenters. The highest BCUT2D eigenvalue weighted by Gasteiger charge is 2.09. The summed E-state index contributed by atoms with van der Waals surface area (Å²) in [6.45, 7) is 4.72. The van der Waals surface area contributed by atoms with Gasteiger partial charge in [0.25, 0.3) is 0 Å². The van der Waals surface area contributed by atoms with E-state index in [1.54, 1.807) is 0 Å². The number of aryl methyl sites for hydroxylation is 2. The zero-order valence-electron chi connectivity index (χ0n) is 11.1. The fourth-order valence-electron chi connectivity index (χ4n) is 1.84. The van der Waals surface area contributed by atoms with E-state index < -0.39 is 0 Å². The van der Waals surface area contributed by atoms with Crippen LogP contribution in [0.3, 0.4) is 0 Å². The Morgan fingerprint density at radius 3 is 2.33 bits per heavy atom. The van der Waals surface area contributed by atoms with E-state index in [9.17, 15) is 4.79 Å². The molecule has 4 nitrogen and oxygen atoms in total. The molecule has 0 heterocycles. The molecule has 0 aromatic heterocycles. The summed E-state index contributed by atoms with van der Waals surface area (Å²) in [5.41, 5.74) is 3.21. The first kappa shape index (κ1) is 14.5. The minimum Gasteiger partial charge on any atom is -0.396 e. The fraction of sp³-hybridized carbons (Fsp3) is 0.500. The molecule has 4 heteroatoms. The van der Waals surface area contributed by atoms with Crippen LogP contribution in [-0.2, 0) is 12.8 Å². The van der Waals surface area contributed by atoms with E-state index in [0.29, 0.717) is 13.0 Å². The molecule has 0 spiro atoms. The van der Waals surface area contributed by atoms with Gasteiger partial charge in [-0.25, -0.2) is 4.79 Å². The highest BCUT2D eigenvalue weighted by atomic mass is 16.3. The second-order valence-electron chi connectivity index (χ2n) is 4.12. The van der Waals surface area contributed by atoms with E-state index in [1.165, 1.54) is 0 Å². The van der Waals surface area contributed by atoms with Gasteiger partial charge < -0.3 is 15.7 Å². The summed E-state index contributed by atoms with van der Waals surface area (Å²) in [7, 11) is 0. The van der Waals surface area contributed by atoms with Crippen molar-refractivity contribution in [3.63, 3.8) is 0 Å². The Labute approximate surface area is 108 Å². The van der Waals surface area contributed by atoms with Crippen molar-refractivity contribution in [2.24, 2.45) is 0 Å². The second-order valence-corrected chi connectivity index (χ2v) is 4.12. The number of aliphatic hydroxyl groups is 1. The van der Waals surface area contributed by atoms with Gasteiger partial charge in [-0.3, -0.25) is 0 Å². The van der Waals surface area contributed by atoms with Crippen molar-refractivity contribution in [1.82, 2.24) is 5.32 Å². The number of carbonyl (C=O) groups excluding carboxylic acids is 1. The van der Waals surface area contributed by atoms with Crippen LogP contribution in [0.2, 0.25) is 0 Å². The molecule has 3 N–H and O–H groups in total. The predicted octanol–water partition coefficient (Wildman–Crippen LogP) is 2.32. The molecule has 0 aliphatic heterocycles. The molecule has 1 rings (SSSR count). The summed E-state index contributed by atoms with van der Waals surface area (Å²) >= 11 is 0. The van der Waals surface area contributed by atoms with Crippen molar-refractivity contribution in [3.05, 3.63) is 29.3 Å². The van der Waals surface area contributed by atoms with Gasteiger partial charge in [0.05, 0.1) is 0 Å². The van der Waals surface area contributed by atoms with Gasteiger partial charge in [-0.1, -0.05) is 32.0 Å². The number of carbonyl (C=O) groups is 1. The van der Waals surface area contributed by atoms with Crippen LogP contribution in [0.25, 0.3) is 0 Å². The number of benzene rings is 1. The molecule has 2 amide bonds. The number of amides is 2. The molecule has 0 radical (unpaired) electrons. The van der Waals surface area contributed by atoms with E-state index in [4.69, 9.17) is 5.11 Å². The fourth-order valence-corrected chi connectivity index (χ4v) is 1.84. The van der Waals surface area contributed by atoms with Crippen molar-refractivity contribution in [2.45, 2.75) is 33.1 Å². The van der Waals surface area contributed by atoms with Gasteiger partial charge in [0, 0.05) is 18.8 Å². The van der Waals surface area contributed by atoms with Crippen LogP contribution in [0.4, 0.5) is 10.5 Å². The number of hydrogen-bond donors (Lipinski definition) is 3. The van der Waals surface area contributed by atoms with Crippen LogP contribution in [-0.4, -0.2) is 24.3 Å². The van der Waals surface area contributed by atoms with Gasteiger partial charge >= 0.3 is 6.03 Å². The van der Waals surface area contributed by atoms with Crippen molar-refractivity contribution in [1.29, 1.82) is 0 Å². The molecule has 0 bridgehead atoms. The van der Waals surface area contributed by atoms with Crippen LogP contribution in [0, 0.1) is 0 Å². The Morgan fingerprint density at radius 1 is 1.22 bits per heavy atom. The molecule has 0 aliphatic rings. The van der Waals surface area contributed by atoms with E-state index >= 15 is 0 Å². The number of aliphatic hydroxyl groups excluding tert-OH is 1. The lowest BCUT2D eigenvalue weighted by atomic mass is 10.0. The first-order valence-electron chi connectivity index (χ1n) is 6.49. The van der Waals surface area contributed by atoms with Crippen LogP contribution in [0.5, 0.6) is 0 Å². The Morgan fingerprint density at radius 2 is 1.83 bits per heavy atom. The average molecular weight is 250 g/mol. The van der Waals surface area contributed by atoms with E-state index in [0.717, 1.165) is 29.7 Å². The van der Waals surface area contributed by atoms with Crippen molar-refractivity contribution < 1.29 is 9.90 Å². The summed E-state index contributed by atoms with van der Waals surface area (Å²) in [6.07, 6.45) is 2.35. The number of anilines is 1. The van der Waals surface area contributed by atoms with Gasteiger partial charge in [0.2, 0.25) is 0 Å². The molecule has 0 atom stereocenters. The highest BCUT2D eigenvalue weighted by molar-refractivity contribution is 5.91. The number of urea groups is 1. The van der Waals surface area contributed by atoms with Crippen molar-refractivity contribution >= 4 is 11.7 Å². The maximum atomic E-state index is 11.7. The van der Waals surface area contributed by atoms with E-state index in [1.807, 2.05) is 18.2 Å². The average Bonchev–Trinajstić information content (AvgIpc) is 2.39. The maximum Gasteiger partial charge on any atom is 0.319 e. The molecule has 1 aromatic rings. The lowest BCUT2D eigenvalue weighted by molar-refractivity contribution is 0.249. The highest BCUT2D eigenvalue weighted by Crippen LogP contribution is 2.22. The summed E-state index contributed by atoms with van der Waals surface area (Å²) in [6, 6.07) is 5.87. The molecule has 0 fully saturated rings. The Kier molecular flexibility index (Phi) is 6.22. The first-order chi connectivity index (χ1) is 8.72. The predicted molar refractivity (Wildman–Crippen MR) is 73.9 cm³/mol.